The zero-order chi connectivity index (χ0) is 13.9. The number of aliphatic imine (C=N–C) groups is 1. The van der Waals surface area contributed by atoms with Gasteiger partial charge in [-0.15, -0.1) is 11.8 Å². The first-order valence-corrected chi connectivity index (χ1v) is 7.33. The molecular formula is C14H17NO3S. The standard InChI is InChI=1S/C14H17NO3S/c1-17-11-6-5-10(12(18-2)13(11)19-3)14(15-9-16)7-4-8-14/h5-6H,4,7-8H2,1-3H3. The molecule has 4 nitrogen and oxygen atoms in total. The van der Waals surface area contributed by atoms with Crippen LogP contribution in [0.1, 0.15) is 24.8 Å². The molecule has 2 rings (SSSR count). The first kappa shape index (κ1) is 14.0. The van der Waals surface area contributed by atoms with Crippen LogP contribution in [0.25, 0.3) is 0 Å². The van der Waals surface area contributed by atoms with Gasteiger partial charge in [-0.05, 0) is 37.7 Å². The van der Waals surface area contributed by atoms with Crippen molar-refractivity contribution in [2.45, 2.75) is 29.7 Å². The van der Waals surface area contributed by atoms with Crippen molar-refractivity contribution < 1.29 is 14.3 Å². The number of hydrogen-bond donors (Lipinski definition) is 0. The van der Waals surface area contributed by atoms with E-state index in [0.29, 0.717) is 0 Å². The summed E-state index contributed by atoms with van der Waals surface area (Å²) in [4.78, 5) is 15.7. The molecule has 5 heteroatoms. The lowest BCUT2D eigenvalue weighted by molar-refractivity contribution is 0.243. The number of hydrogen-bond acceptors (Lipinski definition) is 5. The zero-order valence-corrected chi connectivity index (χ0v) is 12.2. The highest BCUT2D eigenvalue weighted by Gasteiger charge is 2.42. The van der Waals surface area contributed by atoms with Crippen LogP contribution < -0.4 is 9.47 Å². The Labute approximate surface area is 117 Å². The molecule has 102 valence electrons. The molecule has 0 aromatic heterocycles. The predicted molar refractivity (Wildman–Crippen MR) is 75.0 cm³/mol. The van der Waals surface area contributed by atoms with E-state index in [1.165, 1.54) is 0 Å². The monoisotopic (exact) mass is 279 g/mol. The average Bonchev–Trinajstić information content (AvgIpc) is 2.41. The van der Waals surface area contributed by atoms with Crippen molar-refractivity contribution in [1.82, 2.24) is 0 Å². The first-order chi connectivity index (χ1) is 9.22. The molecule has 1 aliphatic rings. The summed E-state index contributed by atoms with van der Waals surface area (Å²) in [7, 11) is 3.27. The summed E-state index contributed by atoms with van der Waals surface area (Å²) in [5.41, 5.74) is 0.499. The number of carbonyl (C=O) groups excluding carboxylic acids is 1. The largest absolute Gasteiger partial charge is 0.495 e. The lowest BCUT2D eigenvalue weighted by Crippen LogP contribution is -2.32. The minimum absolute atomic E-state index is 0.455. The van der Waals surface area contributed by atoms with Crippen LogP contribution in [-0.2, 0) is 10.3 Å². The topological polar surface area (TPSA) is 47.9 Å². The predicted octanol–water partition coefficient (Wildman–Crippen LogP) is 3.14. The fraction of sp³-hybridized carbons (Fsp3) is 0.500. The quantitative estimate of drug-likeness (QED) is 0.472. The van der Waals surface area contributed by atoms with Crippen LogP contribution >= 0.6 is 11.8 Å². The Morgan fingerprint density at radius 1 is 1.32 bits per heavy atom. The summed E-state index contributed by atoms with van der Waals surface area (Å²) < 4.78 is 10.9. The van der Waals surface area contributed by atoms with Crippen LogP contribution in [0, 0.1) is 0 Å². The third-order valence-corrected chi connectivity index (χ3v) is 4.44. The van der Waals surface area contributed by atoms with Crippen molar-refractivity contribution in [3.8, 4) is 11.5 Å². The molecular weight excluding hydrogens is 262 g/mol. The minimum Gasteiger partial charge on any atom is -0.495 e. The van der Waals surface area contributed by atoms with Gasteiger partial charge in [0, 0.05) is 5.56 Å². The Bertz CT molecular complexity index is 520. The normalized spacial score (nSPS) is 16.2. The first-order valence-electron chi connectivity index (χ1n) is 6.11. The molecule has 1 aromatic rings. The number of rotatable bonds is 5. The molecule has 0 N–H and O–H groups in total. The molecule has 1 aromatic carbocycles. The van der Waals surface area contributed by atoms with Gasteiger partial charge in [-0.25, -0.2) is 4.79 Å². The molecule has 1 saturated carbocycles. The SMILES string of the molecule is COc1ccc(C2(N=C=O)CCC2)c(OC)c1SC. The van der Waals surface area contributed by atoms with E-state index in [-0.39, 0.29) is 0 Å². The van der Waals surface area contributed by atoms with Gasteiger partial charge in [-0.3, -0.25) is 0 Å². The molecule has 0 atom stereocenters. The van der Waals surface area contributed by atoms with Crippen LogP contribution in [-0.4, -0.2) is 26.6 Å². The number of thioether (sulfide) groups is 1. The Morgan fingerprint density at radius 2 is 2.05 bits per heavy atom. The number of isocyanates is 1. The van der Waals surface area contributed by atoms with Gasteiger partial charge < -0.3 is 9.47 Å². The summed E-state index contributed by atoms with van der Waals surface area (Å²) >= 11 is 1.56. The molecule has 0 unspecified atom stereocenters. The van der Waals surface area contributed by atoms with Crippen LogP contribution in [0.2, 0.25) is 0 Å². The molecule has 0 bridgehead atoms. The molecule has 0 saturated heterocycles. The average molecular weight is 279 g/mol. The van der Waals surface area contributed by atoms with E-state index in [4.69, 9.17) is 9.47 Å². The van der Waals surface area contributed by atoms with E-state index >= 15 is 0 Å². The third kappa shape index (κ3) is 2.24. The van der Waals surface area contributed by atoms with Crippen molar-refractivity contribution in [2.24, 2.45) is 4.99 Å². The lowest BCUT2D eigenvalue weighted by atomic mass is 9.72. The highest BCUT2D eigenvalue weighted by Crippen LogP contribution is 2.51. The van der Waals surface area contributed by atoms with Crippen molar-refractivity contribution in [1.29, 1.82) is 0 Å². The third-order valence-electron chi connectivity index (χ3n) is 3.65. The molecule has 1 aliphatic carbocycles. The van der Waals surface area contributed by atoms with Crippen molar-refractivity contribution in [3.05, 3.63) is 17.7 Å². The van der Waals surface area contributed by atoms with Gasteiger partial charge in [0.1, 0.15) is 17.0 Å². The van der Waals surface area contributed by atoms with E-state index in [0.717, 1.165) is 41.2 Å². The zero-order valence-electron chi connectivity index (χ0n) is 11.4. The minimum atomic E-state index is -0.455. The highest BCUT2D eigenvalue weighted by molar-refractivity contribution is 7.98. The van der Waals surface area contributed by atoms with Gasteiger partial charge in [0.15, 0.2) is 0 Å². The fourth-order valence-corrected chi connectivity index (χ4v) is 3.24. The summed E-state index contributed by atoms with van der Waals surface area (Å²) in [6, 6.07) is 3.85. The van der Waals surface area contributed by atoms with Gasteiger partial charge in [0.2, 0.25) is 6.08 Å². The fourth-order valence-electron chi connectivity index (χ4n) is 2.51. The Balaban J connectivity index is 2.60. The van der Waals surface area contributed by atoms with Gasteiger partial charge in [-0.2, -0.15) is 4.99 Å². The van der Waals surface area contributed by atoms with Crippen LogP contribution in [0.15, 0.2) is 22.0 Å². The van der Waals surface area contributed by atoms with E-state index in [1.54, 1.807) is 32.1 Å². The number of methoxy groups -OCH3 is 2. The van der Waals surface area contributed by atoms with E-state index in [2.05, 4.69) is 4.99 Å². The second-order valence-corrected chi connectivity index (χ2v) is 5.29. The van der Waals surface area contributed by atoms with Gasteiger partial charge in [-0.1, -0.05) is 0 Å². The molecule has 1 fully saturated rings. The maximum atomic E-state index is 10.7. The molecule has 0 amide bonds. The number of nitrogens with zero attached hydrogens (tertiary/aromatic N) is 1. The van der Waals surface area contributed by atoms with Crippen LogP contribution in [0.4, 0.5) is 0 Å². The molecule has 0 heterocycles. The van der Waals surface area contributed by atoms with Gasteiger partial charge >= 0.3 is 0 Å². The molecule has 0 spiro atoms. The van der Waals surface area contributed by atoms with Gasteiger partial charge in [0.05, 0.1) is 19.1 Å². The number of benzene rings is 1. The van der Waals surface area contributed by atoms with Crippen LogP contribution in [0.3, 0.4) is 0 Å². The van der Waals surface area contributed by atoms with Gasteiger partial charge in [0.25, 0.3) is 0 Å². The van der Waals surface area contributed by atoms with Crippen molar-refractivity contribution in [3.63, 3.8) is 0 Å². The van der Waals surface area contributed by atoms with E-state index in [1.807, 2.05) is 18.4 Å². The molecule has 0 aliphatic heterocycles. The Kier molecular flexibility index (Phi) is 4.17. The smallest absolute Gasteiger partial charge is 0.235 e. The van der Waals surface area contributed by atoms with E-state index in [9.17, 15) is 4.79 Å². The summed E-state index contributed by atoms with van der Waals surface area (Å²) in [6.45, 7) is 0. The second kappa shape index (κ2) is 5.68. The summed E-state index contributed by atoms with van der Waals surface area (Å²) in [5.74, 6) is 1.53. The van der Waals surface area contributed by atoms with E-state index < -0.39 is 5.54 Å². The lowest BCUT2D eigenvalue weighted by Gasteiger charge is -2.38. The maximum Gasteiger partial charge on any atom is 0.235 e. The maximum absolute atomic E-state index is 10.7. The number of ether oxygens (including phenoxy) is 2. The summed E-state index contributed by atoms with van der Waals surface area (Å²) in [6.07, 6.45) is 6.46. The van der Waals surface area contributed by atoms with Crippen LogP contribution in [0.5, 0.6) is 11.5 Å². The summed E-state index contributed by atoms with van der Waals surface area (Å²) in [5, 5.41) is 0. The molecule has 19 heavy (non-hydrogen) atoms. The highest BCUT2D eigenvalue weighted by atomic mass is 32.2. The Hall–Kier alpha value is -1.45. The van der Waals surface area contributed by atoms with Crippen molar-refractivity contribution in [2.75, 3.05) is 20.5 Å². The Morgan fingerprint density at radius 3 is 2.47 bits per heavy atom. The van der Waals surface area contributed by atoms with Crippen molar-refractivity contribution >= 4 is 17.8 Å². The molecule has 0 radical (unpaired) electrons. The second-order valence-electron chi connectivity index (χ2n) is 4.47.